The smallest absolute Gasteiger partial charge is 0.0629 e. The molecule has 22 heavy (non-hydrogen) atoms. The maximum Gasteiger partial charge on any atom is 0.0629 e. The van der Waals surface area contributed by atoms with Crippen LogP contribution in [-0.4, -0.2) is 87.8 Å². The van der Waals surface area contributed by atoms with E-state index in [9.17, 15) is 0 Å². The van der Waals surface area contributed by atoms with E-state index in [1.165, 1.54) is 0 Å². The van der Waals surface area contributed by atoms with Gasteiger partial charge in [0.1, 0.15) is 0 Å². The van der Waals surface area contributed by atoms with Gasteiger partial charge in [0.2, 0.25) is 0 Å². The fraction of sp³-hybridized carbons (Fsp3) is 1.00. The average Bonchev–Trinajstić information content (AvgIpc) is 2.47. The first-order valence-corrected chi connectivity index (χ1v) is 7.79. The maximum atomic E-state index is 9.03. The van der Waals surface area contributed by atoms with Crippen molar-refractivity contribution in [2.75, 3.05) is 52.9 Å². The normalized spacial score (nSPS) is 12.8. The van der Waals surface area contributed by atoms with Gasteiger partial charge in [-0.25, -0.2) is 0 Å². The molecule has 0 aliphatic heterocycles. The van der Waals surface area contributed by atoms with Gasteiger partial charge < -0.3 is 35.4 Å². The summed E-state index contributed by atoms with van der Waals surface area (Å²) in [4.78, 5) is 0. The number of hydrogen-bond donors (Lipinski definition) is 6. The highest BCUT2D eigenvalue weighted by molar-refractivity contribution is 9.10. The number of hydrogen-bond acceptors (Lipinski definition) is 7. The summed E-state index contributed by atoms with van der Waals surface area (Å²) >= 11 is 3.38. The highest BCUT2D eigenvalue weighted by Crippen LogP contribution is 2.19. The van der Waals surface area contributed by atoms with Gasteiger partial charge in [-0.05, 0) is 0 Å². The van der Waals surface area contributed by atoms with Crippen LogP contribution < -0.4 is 0 Å². The molecule has 136 valence electrons. The second-order valence-corrected chi connectivity index (χ2v) is 8.89. The summed E-state index contributed by atoms with van der Waals surface area (Å²) in [6.07, 6.45) is 0. The number of rotatable bonds is 10. The predicted molar refractivity (Wildman–Crippen MR) is 86.9 cm³/mol. The molecule has 0 spiro atoms. The van der Waals surface area contributed by atoms with E-state index in [2.05, 4.69) is 36.7 Å². The van der Waals surface area contributed by atoms with Crippen molar-refractivity contribution in [2.45, 2.75) is 25.1 Å². The number of halogens is 1. The Morgan fingerprint density at radius 3 is 0.955 bits per heavy atom. The van der Waals surface area contributed by atoms with Crippen molar-refractivity contribution in [1.29, 1.82) is 0 Å². The molecule has 6 N–H and O–H groups in total. The van der Waals surface area contributed by atoms with E-state index in [1.807, 2.05) is 0 Å². The lowest BCUT2D eigenvalue weighted by atomic mass is 9.91. The molecular formula is C14H31BrO7. The Morgan fingerprint density at radius 2 is 0.818 bits per heavy atom. The van der Waals surface area contributed by atoms with Crippen LogP contribution in [0.15, 0.2) is 0 Å². The predicted octanol–water partition coefficient (Wildman–Crippen LogP) is -0.891. The molecule has 0 aliphatic carbocycles. The molecule has 0 saturated carbocycles. The Balaban J connectivity index is 0. The van der Waals surface area contributed by atoms with Crippen LogP contribution >= 0.6 is 15.9 Å². The summed E-state index contributed by atoms with van der Waals surface area (Å²) < 4.78 is 5.46. The lowest BCUT2D eigenvalue weighted by Gasteiger charge is -2.31. The van der Waals surface area contributed by atoms with E-state index >= 15 is 0 Å². The van der Waals surface area contributed by atoms with Crippen LogP contribution in [0.2, 0.25) is 0 Å². The number of alkyl halides is 1. The first-order valence-electron chi connectivity index (χ1n) is 6.99. The van der Waals surface area contributed by atoms with Gasteiger partial charge in [-0.15, -0.1) is 0 Å². The topological polar surface area (TPSA) is 131 Å². The Morgan fingerprint density at radius 1 is 0.636 bits per heavy atom. The summed E-state index contributed by atoms with van der Waals surface area (Å²) in [7, 11) is 0. The van der Waals surface area contributed by atoms with Gasteiger partial charge >= 0.3 is 0 Å². The molecule has 0 aromatic heterocycles. The molecule has 0 aliphatic rings. The van der Waals surface area contributed by atoms with E-state index in [0.29, 0.717) is 4.32 Å². The molecule has 0 heterocycles. The van der Waals surface area contributed by atoms with E-state index in [-0.39, 0.29) is 13.2 Å². The Hall–Kier alpha value is 0.200. The van der Waals surface area contributed by atoms with Crippen LogP contribution in [0.4, 0.5) is 0 Å². The van der Waals surface area contributed by atoms with Crippen molar-refractivity contribution in [2.24, 2.45) is 10.8 Å². The molecule has 8 heteroatoms. The maximum absolute atomic E-state index is 9.03. The fourth-order valence-electron chi connectivity index (χ4n) is 1.06. The number of aliphatic hydroxyl groups excluding tert-OH is 6. The largest absolute Gasteiger partial charge is 0.396 e. The lowest BCUT2D eigenvalue weighted by molar-refractivity contribution is -0.103. The molecule has 0 aromatic rings. The third kappa shape index (κ3) is 10.8. The number of aliphatic hydroxyl groups is 6. The molecule has 0 aromatic carbocycles. The van der Waals surface area contributed by atoms with Crippen molar-refractivity contribution in [1.82, 2.24) is 0 Å². The second kappa shape index (κ2) is 11.7. The zero-order chi connectivity index (χ0) is 17.9. The molecule has 0 fully saturated rings. The van der Waals surface area contributed by atoms with Crippen molar-refractivity contribution < 1.29 is 35.4 Å². The second-order valence-electron chi connectivity index (χ2n) is 6.51. The molecule has 7 nitrogen and oxygen atoms in total. The third-order valence-electron chi connectivity index (χ3n) is 2.83. The van der Waals surface area contributed by atoms with Gasteiger partial charge in [-0.2, -0.15) is 0 Å². The Bertz CT molecular complexity index is 218. The minimum atomic E-state index is -1.16. The molecule has 0 unspecified atom stereocenters. The monoisotopic (exact) mass is 390 g/mol. The summed E-state index contributed by atoms with van der Waals surface area (Å²) in [5.74, 6) is 0. The first-order chi connectivity index (χ1) is 10.1. The SMILES string of the molecule is CC(C)(C)Br.OCC(CO)(CO)COCC(CO)(CO)CO. The van der Waals surface area contributed by atoms with E-state index in [1.54, 1.807) is 0 Å². The molecule has 0 radical (unpaired) electrons. The zero-order valence-electron chi connectivity index (χ0n) is 13.6. The molecule has 0 rings (SSSR count). The molecule has 0 saturated heterocycles. The van der Waals surface area contributed by atoms with Crippen LogP contribution in [0.5, 0.6) is 0 Å². The third-order valence-corrected chi connectivity index (χ3v) is 2.83. The number of ether oxygens (including phenoxy) is 1. The summed E-state index contributed by atoms with van der Waals surface area (Å²) in [6.45, 7) is 3.31. The van der Waals surface area contributed by atoms with Crippen LogP contribution in [-0.2, 0) is 4.74 Å². The van der Waals surface area contributed by atoms with Crippen LogP contribution in [0, 0.1) is 10.8 Å². The lowest BCUT2D eigenvalue weighted by Crippen LogP contribution is -2.43. The summed E-state index contributed by atoms with van der Waals surface area (Å²) in [6, 6.07) is 0. The summed E-state index contributed by atoms with van der Waals surface area (Å²) in [5, 5.41) is 54.2. The van der Waals surface area contributed by atoms with Crippen LogP contribution in [0.1, 0.15) is 20.8 Å². The van der Waals surface area contributed by atoms with Crippen molar-refractivity contribution in [3.8, 4) is 0 Å². The van der Waals surface area contributed by atoms with E-state index < -0.39 is 50.5 Å². The van der Waals surface area contributed by atoms with E-state index in [0.717, 1.165) is 0 Å². The minimum Gasteiger partial charge on any atom is -0.396 e. The van der Waals surface area contributed by atoms with Gasteiger partial charge in [-0.1, -0.05) is 36.7 Å². The van der Waals surface area contributed by atoms with Crippen molar-refractivity contribution in [3.63, 3.8) is 0 Å². The highest BCUT2D eigenvalue weighted by Gasteiger charge is 2.32. The zero-order valence-corrected chi connectivity index (χ0v) is 15.2. The molecule has 0 bridgehead atoms. The van der Waals surface area contributed by atoms with Gasteiger partial charge in [0.25, 0.3) is 0 Å². The molecular weight excluding hydrogens is 360 g/mol. The summed E-state index contributed by atoms with van der Waals surface area (Å²) in [5.41, 5.74) is -2.32. The van der Waals surface area contributed by atoms with E-state index in [4.69, 9.17) is 35.4 Å². The Labute approximate surface area is 140 Å². The van der Waals surface area contributed by atoms with Gasteiger partial charge in [0.05, 0.1) is 63.7 Å². The van der Waals surface area contributed by atoms with Gasteiger partial charge in [0, 0.05) is 4.32 Å². The van der Waals surface area contributed by atoms with Crippen molar-refractivity contribution in [3.05, 3.63) is 0 Å². The Kier molecular flexibility index (Phi) is 13.0. The van der Waals surface area contributed by atoms with Gasteiger partial charge in [-0.3, -0.25) is 0 Å². The molecule has 0 amide bonds. The standard InChI is InChI=1S/C10H22O7.C4H9Br/c11-1-9(2-12,3-13)7-17-8-10(4-14,5-15)6-16;1-4(2,3)5/h11-16H,1-8H2;1-3H3. The molecule has 0 atom stereocenters. The first kappa shape index (κ1) is 24.5. The highest BCUT2D eigenvalue weighted by atomic mass is 79.9. The average molecular weight is 391 g/mol. The quantitative estimate of drug-likeness (QED) is 0.267. The fourth-order valence-corrected chi connectivity index (χ4v) is 1.06. The van der Waals surface area contributed by atoms with Gasteiger partial charge in [0.15, 0.2) is 0 Å². The van der Waals surface area contributed by atoms with Crippen LogP contribution in [0.25, 0.3) is 0 Å². The minimum absolute atomic E-state index is 0.141. The van der Waals surface area contributed by atoms with Crippen LogP contribution in [0.3, 0.4) is 0 Å². The van der Waals surface area contributed by atoms with Crippen molar-refractivity contribution >= 4 is 15.9 Å².